The van der Waals surface area contributed by atoms with Gasteiger partial charge in [-0.05, 0) is 39.8 Å². The van der Waals surface area contributed by atoms with E-state index in [4.69, 9.17) is 4.74 Å². The molecule has 25 heavy (non-hydrogen) atoms. The number of hydrogen-bond acceptors (Lipinski definition) is 5. The molecule has 0 radical (unpaired) electrons. The molecule has 3 rings (SSSR count). The van der Waals surface area contributed by atoms with Crippen molar-refractivity contribution < 1.29 is 19.4 Å². The minimum absolute atomic E-state index is 0.0705. The fourth-order valence-electron chi connectivity index (χ4n) is 2.82. The summed E-state index contributed by atoms with van der Waals surface area (Å²) >= 11 is 1.25. The van der Waals surface area contributed by atoms with Crippen molar-refractivity contribution in [2.45, 2.75) is 45.4 Å². The minimum atomic E-state index is -0.937. The Morgan fingerprint density at radius 1 is 1.24 bits per heavy atom. The number of ether oxygens (including phenoxy) is 1. The summed E-state index contributed by atoms with van der Waals surface area (Å²) in [6.07, 6.45) is -0.937. The number of rotatable bonds is 3. The number of nitrogens with one attached hydrogen (secondary N) is 1. The van der Waals surface area contributed by atoms with Crippen LogP contribution in [0.5, 0.6) is 5.75 Å². The molecule has 0 spiro atoms. The average Bonchev–Trinajstić information content (AvgIpc) is 2.95. The van der Waals surface area contributed by atoms with E-state index in [1.165, 1.54) is 18.3 Å². The number of Topliss-reactive ketones (excluding diaryl/α,β-unsaturated/α-hetero) is 1. The van der Waals surface area contributed by atoms with Crippen LogP contribution in [0.3, 0.4) is 0 Å². The van der Waals surface area contributed by atoms with Crippen molar-refractivity contribution in [3.8, 4) is 5.75 Å². The van der Waals surface area contributed by atoms with E-state index in [1.807, 2.05) is 19.1 Å². The van der Waals surface area contributed by atoms with E-state index in [0.29, 0.717) is 21.1 Å². The lowest BCUT2D eigenvalue weighted by Crippen LogP contribution is -2.53. The fourth-order valence-corrected chi connectivity index (χ4v) is 3.88. The lowest BCUT2D eigenvalue weighted by atomic mass is 9.90. The molecule has 2 atom stereocenters. The van der Waals surface area contributed by atoms with Gasteiger partial charge in [0, 0.05) is 11.6 Å². The SMILES string of the molecule is CC(=O)c1cc2c(s1)[C@@H](NC(=O)c1ccc(C)cc1)[C@H](O)C(C)(C)O2. The smallest absolute Gasteiger partial charge is 0.251 e. The van der Waals surface area contributed by atoms with E-state index >= 15 is 0 Å². The number of aryl methyl sites for hydroxylation is 1. The highest BCUT2D eigenvalue weighted by Gasteiger charge is 2.45. The Labute approximate surface area is 150 Å². The van der Waals surface area contributed by atoms with E-state index in [1.54, 1.807) is 32.0 Å². The zero-order chi connectivity index (χ0) is 18.4. The zero-order valence-corrected chi connectivity index (χ0v) is 15.4. The van der Waals surface area contributed by atoms with Gasteiger partial charge < -0.3 is 15.2 Å². The monoisotopic (exact) mass is 359 g/mol. The number of hydrogen-bond donors (Lipinski definition) is 2. The van der Waals surface area contributed by atoms with Crippen LogP contribution in [-0.2, 0) is 0 Å². The van der Waals surface area contributed by atoms with Crippen LogP contribution in [0.15, 0.2) is 30.3 Å². The second kappa shape index (κ2) is 6.28. The minimum Gasteiger partial charge on any atom is -0.484 e. The molecule has 1 amide bonds. The first-order valence-electron chi connectivity index (χ1n) is 8.08. The number of carbonyl (C=O) groups excluding carboxylic acids is 2. The number of aliphatic hydroxyl groups is 1. The highest BCUT2D eigenvalue weighted by atomic mass is 32.1. The van der Waals surface area contributed by atoms with Gasteiger partial charge in [0.2, 0.25) is 0 Å². The molecule has 5 nitrogen and oxygen atoms in total. The van der Waals surface area contributed by atoms with Gasteiger partial charge in [-0.1, -0.05) is 17.7 Å². The maximum atomic E-state index is 12.6. The van der Waals surface area contributed by atoms with E-state index in [-0.39, 0.29) is 11.7 Å². The molecule has 0 bridgehead atoms. The average molecular weight is 359 g/mol. The second-order valence-electron chi connectivity index (χ2n) is 6.86. The van der Waals surface area contributed by atoms with Crippen LogP contribution in [0, 0.1) is 6.92 Å². The molecule has 1 aromatic carbocycles. The van der Waals surface area contributed by atoms with Crippen LogP contribution >= 0.6 is 11.3 Å². The molecule has 1 aliphatic rings. The summed E-state index contributed by atoms with van der Waals surface area (Å²) in [7, 11) is 0. The maximum absolute atomic E-state index is 12.6. The third-order valence-electron chi connectivity index (χ3n) is 4.36. The molecule has 2 N–H and O–H groups in total. The molecular weight excluding hydrogens is 338 g/mol. The molecule has 2 aromatic rings. The Morgan fingerprint density at radius 2 is 1.88 bits per heavy atom. The van der Waals surface area contributed by atoms with Crippen LogP contribution in [0.25, 0.3) is 0 Å². The molecule has 2 heterocycles. The molecule has 132 valence electrons. The molecule has 0 unspecified atom stereocenters. The summed E-state index contributed by atoms with van der Waals surface area (Å²) in [6, 6.07) is 8.27. The second-order valence-corrected chi connectivity index (χ2v) is 7.95. The Bertz CT molecular complexity index is 822. The number of thiophene rings is 1. The predicted octanol–water partition coefficient (Wildman–Crippen LogP) is 3.26. The first-order valence-corrected chi connectivity index (χ1v) is 8.90. The van der Waals surface area contributed by atoms with Gasteiger partial charge in [-0.2, -0.15) is 0 Å². The van der Waals surface area contributed by atoms with E-state index in [2.05, 4.69) is 5.32 Å². The van der Waals surface area contributed by atoms with Gasteiger partial charge in [0.25, 0.3) is 5.91 Å². The lowest BCUT2D eigenvalue weighted by molar-refractivity contribution is -0.0612. The van der Waals surface area contributed by atoms with Gasteiger partial charge in [0.05, 0.1) is 15.8 Å². The van der Waals surface area contributed by atoms with Crippen LogP contribution in [0.1, 0.15) is 57.3 Å². The Morgan fingerprint density at radius 3 is 2.48 bits per heavy atom. The predicted molar refractivity (Wildman–Crippen MR) is 96.4 cm³/mol. The molecule has 1 aromatic heterocycles. The molecular formula is C19H21NO4S. The first-order chi connectivity index (χ1) is 11.7. The molecule has 6 heteroatoms. The van der Waals surface area contributed by atoms with Crippen molar-refractivity contribution in [1.82, 2.24) is 5.32 Å². The van der Waals surface area contributed by atoms with Gasteiger partial charge in [0.15, 0.2) is 5.78 Å². The molecule has 0 aliphatic carbocycles. The Hall–Kier alpha value is -2.18. The molecule has 0 saturated heterocycles. The first kappa shape index (κ1) is 17.6. The lowest BCUT2D eigenvalue weighted by Gasteiger charge is -2.40. The maximum Gasteiger partial charge on any atom is 0.251 e. The largest absolute Gasteiger partial charge is 0.484 e. The Balaban J connectivity index is 1.95. The third kappa shape index (κ3) is 3.32. The van der Waals surface area contributed by atoms with Gasteiger partial charge in [-0.15, -0.1) is 11.3 Å². The van der Waals surface area contributed by atoms with Gasteiger partial charge in [0.1, 0.15) is 17.5 Å². The van der Waals surface area contributed by atoms with Crippen LogP contribution < -0.4 is 10.1 Å². The zero-order valence-electron chi connectivity index (χ0n) is 14.6. The number of aliphatic hydroxyl groups excluding tert-OH is 1. The normalized spacial score (nSPS) is 21.2. The van der Waals surface area contributed by atoms with E-state index in [0.717, 1.165) is 5.56 Å². The summed E-state index contributed by atoms with van der Waals surface area (Å²) < 4.78 is 5.85. The summed E-state index contributed by atoms with van der Waals surface area (Å²) in [6.45, 7) is 6.96. The number of carbonyl (C=O) groups is 2. The number of ketones is 1. The van der Waals surface area contributed by atoms with Crippen molar-refractivity contribution in [2.24, 2.45) is 0 Å². The number of fused-ring (bicyclic) bond motifs is 1. The standard InChI is InChI=1S/C19H21NO4S/c1-10-5-7-12(8-6-10)18(23)20-15-16-13(9-14(25-16)11(2)21)24-19(3,4)17(15)22/h5-9,15,17,22H,1-4H3,(H,20,23)/t15-,17+/m1/s1. The molecule has 0 fully saturated rings. The van der Waals surface area contributed by atoms with Gasteiger partial charge in [-0.3, -0.25) is 9.59 Å². The fraction of sp³-hybridized carbons (Fsp3) is 0.368. The van der Waals surface area contributed by atoms with Gasteiger partial charge in [-0.25, -0.2) is 0 Å². The third-order valence-corrected chi connectivity index (χ3v) is 5.66. The topological polar surface area (TPSA) is 75.6 Å². The number of amides is 1. The van der Waals surface area contributed by atoms with Crippen molar-refractivity contribution >= 4 is 23.0 Å². The summed E-state index contributed by atoms with van der Waals surface area (Å²) in [4.78, 5) is 25.5. The van der Waals surface area contributed by atoms with Crippen molar-refractivity contribution in [1.29, 1.82) is 0 Å². The Kier molecular flexibility index (Phi) is 4.43. The van der Waals surface area contributed by atoms with Crippen molar-refractivity contribution in [3.63, 3.8) is 0 Å². The summed E-state index contributed by atoms with van der Waals surface area (Å²) in [5, 5.41) is 13.6. The van der Waals surface area contributed by atoms with Crippen LogP contribution in [-0.4, -0.2) is 28.5 Å². The van der Waals surface area contributed by atoms with Gasteiger partial charge >= 0.3 is 0 Å². The van der Waals surface area contributed by atoms with Crippen LogP contribution in [0.2, 0.25) is 0 Å². The quantitative estimate of drug-likeness (QED) is 0.825. The van der Waals surface area contributed by atoms with E-state index < -0.39 is 17.7 Å². The number of benzene rings is 1. The van der Waals surface area contributed by atoms with Crippen molar-refractivity contribution in [2.75, 3.05) is 0 Å². The highest BCUT2D eigenvalue weighted by Crippen LogP contribution is 2.44. The summed E-state index contributed by atoms with van der Waals surface area (Å²) in [5.74, 6) is 0.198. The summed E-state index contributed by atoms with van der Waals surface area (Å²) in [5.41, 5.74) is 0.704. The highest BCUT2D eigenvalue weighted by molar-refractivity contribution is 7.14. The van der Waals surface area contributed by atoms with Crippen molar-refractivity contribution in [3.05, 3.63) is 51.2 Å². The molecule has 0 saturated carbocycles. The molecule has 1 aliphatic heterocycles. The van der Waals surface area contributed by atoms with E-state index in [9.17, 15) is 14.7 Å². The van der Waals surface area contributed by atoms with Crippen LogP contribution in [0.4, 0.5) is 0 Å².